The second kappa shape index (κ2) is 4.61. The number of hydrogen-bond acceptors (Lipinski definition) is 4. The lowest BCUT2D eigenvalue weighted by atomic mass is 10.0. The zero-order valence-corrected chi connectivity index (χ0v) is 8.52. The van der Waals surface area contributed by atoms with E-state index in [0.717, 1.165) is 12.1 Å². The normalized spacial score (nSPS) is 23.7. The summed E-state index contributed by atoms with van der Waals surface area (Å²) in [6.45, 7) is 2.00. The monoisotopic (exact) mass is 208 g/mol. The molecule has 0 radical (unpaired) electrons. The van der Waals surface area contributed by atoms with Crippen LogP contribution < -0.4 is 11.1 Å². The van der Waals surface area contributed by atoms with Gasteiger partial charge in [-0.05, 0) is 6.07 Å². The third kappa shape index (κ3) is 2.28. The van der Waals surface area contributed by atoms with Crippen LogP contribution in [0.15, 0.2) is 24.3 Å². The van der Waals surface area contributed by atoms with E-state index in [1.165, 1.54) is 0 Å². The predicted molar refractivity (Wildman–Crippen MR) is 58.4 cm³/mol. The molecule has 0 aromatic heterocycles. The molecule has 1 aliphatic heterocycles. The van der Waals surface area contributed by atoms with Gasteiger partial charge in [0.1, 0.15) is 0 Å². The van der Waals surface area contributed by atoms with E-state index in [9.17, 15) is 5.11 Å². The topological polar surface area (TPSA) is 67.5 Å². The van der Waals surface area contributed by atoms with E-state index in [0.29, 0.717) is 18.9 Å². The summed E-state index contributed by atoms with van der Waals surface area (Å²) >= 11 is 0. The van der Waals surface area contributed by atoms with Crippen molar-refractivity contribution >= 4 is 5.69 Å². The van der Waals surface area contributed by atoms with Gasteiger partial charge in [-0.15, -0.1) is 0 Å². The van der Waals surface area contributed by atoms with Crippen molar-refractivity contribution in [1.29, 1.82) is 0 Å². The first kappa shape index (κ1) is 10.4. The lowest BCUT2D eigenvalue weighted by molar-refractivity contribution is 0.0180. The number of nitrogens with one attached hydrogen (secondary N) is 1. The lowest BCUT2D eigenvalue weighted by Gasteiger charge is -2.28. The van der Waals surface area contributed by atoms with Crippen molar-refractivity contribution in [2.75, 3.05) is 25.5 Å². The van der Waals surface area contributed by atoms with E-state index in [2.05, 4.69) is 5.32 Å². The molecule has 15 heavy (non-hydrogen) atoms. The summed E-state index contributed by atoms with van der Waals surface area (Å²) in [7, 11) is 0. The van der Waals surface area contributed by atoms with Gasteiger partial charge in [-0.1, -0.05) is 18.2 Å². The first-order valence-corrected chi connectivity index (χ1v) is 5.12. The van der Waals surface area contributed by atoms with Crippen LogP contribution in [0.2, 0.25) is 0 Å². The minimum atomic E-state index is -0.605. The van der Waals surface area contributed by atoms with Gasteiger partial charge in [-0.25, -0.2) is 0 Å². The highest BCUT2D eigenvalue weighted by Gasteiger charge is 2.24. The highest BCUT2D eigenvalue weighted by molar-refractivity contribution is 5.48. The number of para-hydroxylation sites is 1. The average molecular weight is 208 g/mol. The summed E-state index contributed by atoms with van der Waals surface area (Å²) < 4.78 is 5.30. The molecule has 0 spiro atoms. The maximum Gasteiger partial charge on any atom is 0.0985 e. The zero-order valence-electron chi connectivity index (χ0n) is 8.52. The van der Waals surface area contributed by atoms with Crippen LogP contribution in [0, 0.1) is 0 Å². The molecule has 1 aromatic carbocycles. The van der Waals surface area contributed by atoms with Crippen LogP contribution in [-0.4, -0.2) is 30.9 Å². The SMILES string of the molecule is Nc1ccccc1C(O)C1COCCN1. The van der Waals surface area contributed by atoms with Crippen molar-refractivity contribution in [3.63, 3.8) is 0 Å². The molecule has 0 amide bonds. The van der Waals surface area contributed by atoms with Crippen LogP contribution in [0.1, 0.15) is 11.7 Å². The Hall–Kier alpha value is -1.10. The van der Waals surface area contributed by atoms with E-state index in [1.54, 1.807) is 6.07 Å². The minimum Gasteiger partial charge on any atom is -0.398 e. The Morgan fingerprint density at radius 2 is 2.27 bits per heavy atom. The molecular formula is C11H16N2O2. The van der Waals surface area contributed by atoms with Crippen molar-refractivity contribution in [2.24, 2.45) is 0 Å². The fourth-order valence-corrected chi connectivity index (χ4v) is 1.79. The second-order valence-electron chi connectivity index (χ2n) is 3.71. The van der Waals surface area contributed by atoms with Crippen molar-refractivity contribution in [3.8, 4) is 0 Å². The molecule has 4 N–H and O–H groups in total. The third-order valence-electron chi connectivity index (χ3n) is 2.65. The standard InChI is InChI=1S/C11H16N2O2/c12-9-4-2-1-3-8(9)11(14)10-7-15-6-5-13-10/h1-4,10-11,13-14H,5-7,12H2. The molecule has 2 unspecified atom stereocenters. The Balaban J connectivity index is 2.12. The number of aliphatic hydroxyl groups excluding tert-OH is 1. The Kier molecular flexibility index (Phi) is 3.20. The molecule has 4 heteroatoms. The number of aliphatic hydroxyl groups is 1. The Morgan fingerprint density at radius 1 is 1.47 bits per heavy atom. The summed E-state index contributed by atoms with van der Waals surface area (Å²) in [6.07, 6.45) is -0.605. The maximum atomic E-state index is 10.1. The van der Waals surface area contributed by atoms with Crippen LogP contribution in [0.25, 0.3) is 0 Å². The van der Waals surface area contributed by atoms with E-state index >= 15 is 0 Å². The fraction of sp³-hybridized carbons (Fsp3) is 0.455. The van der Waals surface area contributed by atoms with E-state index in [-0.39, 0.29) is 6.04 Å². The first-order valence-electron chi connectivity index (χ1n) is 5.12. The molecule has 4 nitrogen and oxygen atoms in total. The van der Waals surface area contributed by atoms with E-state index < -0.39 is 6.10 Å². The first-order chi connectivity index (χ1) is 7.29. The van der Waals surface area contributed by atoms with Crippen LogP contribution in [-0.2, 0) is 4.74 Å². The highest BCUT2D eigenvalue weighted by Crippen LogP contribution is 2.23. The summed E-state index contributed by atoms with van der Waals surface area (Å²) in [5, 5.41) is 13.3. The van der Waals surface area contributed by atoms with Gasteiger partial charge in [-0.3, -0.25) is 0 Å². The molecule has 1 saturated heterocycles. The number of nitrogens with two attached hydrogens (primary N) is 1. The van der Waals surface area contributed by atoms with Crippen LogP contribution >= 0.6 is 0 Å². The van der Waals surface area contributed by atoms with Gasteiger partial charge in [-0.2, -0.15) is 0 Å². The van der Waals surface area contributed by atoms with Gasteiger partial charge < -0.3 is 20.9 Å². The number of rotatable bonds is 2. The fourth-order valence-electron chi connectivity index (χ4n) is 1.79. The number of ether oxygens (including phenoxy) is 1. The van der Waals surface area contributed by atoms with Gasteiger partial charge in [0, 0.05) is 17.8 Å². The molecule has 1 aromatic rings. The minimum absolute atomic E-state index is 0.0663. The number of benzene rings is 1. The quantitative estimate of drug-likeness (QED) is 0.611. The Morgan fingerprint density at radius 3 is 2.93 bits per heavy atom. The third-order valence-corrected chi connectivity index (χ3v) is 2.65. The van der Waals surface area contributed by atoms with E-state index in [4.69, 9.17) is 10.5 Å². The van der Waals surface area contributed by atoms with Gasteiger partial charge in [0.05, 0.1) is 25.4 Å². The van der Waals surface area contributed by atoms with Crippen LogP contribution in [0.3, 0.4) is 0 Å². The molecule has 1 fully saturated rings. The van der Waals surface area contributed by atoms with Gasteiger partial charge in [0.15, 0.2) is 0 Å². The smallest absolute Gasteiger partial charge is 0.0985 e. The molecule has 2 rings (SSSR count). The predicted octanol–water partition coefficient (Wildman–Crippen LogP) is 0.291. The summed E-state index contributed by atoms with van der Waals surface area (Å²) in [6, 6.07) is 7.30. The zero-order chi connectivity index (χ0) is 10.7. The van der Waals surface area contributed by atoms with Gasteiger partial charge in [0.2, 0.25) is 0 Å². The molecular weight excluding hydrogens is 192 g/mol. The second-order valence-corrected chi connectivity index (χ2v) is 3.71. The van der Waals surface area contributed by atoms with Crippen molar-refractivity contribution < 1.29 is 9.84 Å². The Labute approximate surface area is 89.0 Å². The lowest BCUT2D eigenvalue weighted by Crippen LogP contribution is -2.45. The summed E-state index contributed by atoms with van der Waals surface area (Å²) in [5.74, 6) is 0. The number of morpholine rings is 1. The highest BCUT2D eigenvalue weighted by atomic mass is 16.5. The van der Waals surface area contributed by atoms with E-state index in [1.807, 2.05) is 18.2 Å². The average Bonchev–Trinajstić information content (AvgIpc) is 2.30. The van der Waals surface area contributed by atoms with Gasteiger partial charge in [0.25, 0.3) is 0 Å². The molecule has 82 valence electrons. The maximum absolute atomic E-state index is 10.1. The van der Waals surface area contributed by atoms with Gasteiger partial charge >= 0.3 is 0 Å². The number of hydrogen-bond donors (Lipinski definition) is 3. The molecule has 0 bridgehead atoms. The number of nitrogen functional groups attached to an aromatic ring is 1. The summed E-state index contributed by atoms with van der Waals surface area (Å²) in [4.78, 5) is 0. The molecule has 2 atom stereocenters. The molecule has 0 saturated carbocycles. The summed E-state index contributed by atoms with van der Waals surface area (Å²) in [5.41, 5.74) is 7.19. The molecule has 1 heterocycles. The van der Waals surface area contributed by atoms with Crippen molar-refractivity contribution in [1.82, 2.24) is 5.32 Å². The van der Waals surface area contributed by atoms with Crippen LogP contribution in [0.4, 0.5) is 5.69 Å². The van der Waals surface area contributed by atoms with Crippen LogP contribution in [0.5, 0.6) is 0 Å². The van der Waals surface area contributed by atoms with Crippen molar-refractivity contribution in [3.05, 3.63) is 29.8 Å². The molecule has 0 aliphatic carbocycles. The van der Waals surface area contributed by atoms with Crippen molar-refractivity contribution in [2.45, 2.75) is 12.1 Å². The number of anilines is 1. The molecule has 1 aliphatic rings. The Bertz CT molecular complexity index is 324. The largest absolute Gasteiger partial charge is 0.398 e.